The van der Waals surface area contributed by atoms with Crippen LogP contribution < -0.4 is 10.6 Å². The lowest BCUT2D eigenvalue weighted by Gasteiger charge is -2.33. The Labute approximate surface area is 178 Å². The molecule has 1 unspecified atom stereocenters. The minimum absolute atomic E-state index is 0.124. The second-order valence-corrected chi connectivity index (χ2v) is 7.53. The molecule has 1 heterocycles. The summed E-state index contributed by atoms with van der Waals surface area (Å²) in [6, 6.07) is 20.2. The summed E-state index contributed by atoms with van der Waals surface area (Å²) >= 11 is 0. The summed E-state index contributed by atoms with van der Waals surface area (Å²) in [7, 11) is 0. The van der Waals surface area contributed by atoms with Gasteiger partial charge >= 0.3 is 11.8 Å². The van der Waals surface area contributed by atoms with E-state index < -0.39 is 11.8 Å². The molecule has 2 N–H and O–H groups in total. The molecule has 1 fully saturated rings. The van der Waals surface area contributed by atoms with Crippen LogP contribution >= 0.6 is 0 Å². The summed E-state index contributed by atoms with van der Waals surface area (Å²) in [5, 5.41) is 5.38. The largest absolute Gasteiger partial charge is 0.371 e. The van der Waals surface area contributed by atoms with Crippen molar-refractivity contribution < 1.29 is 14.3 Å². The van der Waals surface area contributed by atoms with Gasteiger partial charge in [0.05, 0.1) is 12.7 Å². The SMILES string of the molecule is O=C(NCCCCN1CCOC(c2ccccc2)C1)C(=O)NCCc1ccccc1. The smallest absolute Gasteiger partial charge is 0.309 e. The number of nitrogens with zero attached hydrogens (tertiary/aromatic N) is 1. The Kier molecular flexibility index (Phi) is 8.87. The number of unbranched alkanes of at least 4 members (excludes halogenated alkanes) is 1. The number of amides is 2. The number of benzene rings is 2. The number of rotatable bonds is 9. The maximum absolute atomic E-state index is 11.9. The summed E-state index contributed by atoms with van der Waals surface area (Å²) in [6.07, 6.45) is 2.65. The van der Waals surface area contributed by atoms with Crippen molar-refractivity contribution in [2.75, 3.05) is 39.3 Å². The third-order valence-electron chi connectivity index (χ3n) is 5.26. The zero-order chi connectivity index (χ0) is 21.0. The summed E-state index contributed by atoms with van der Waals surface area (Å²) in [6.45, 7) is 4.48. The van der Waals surface area contributed by atoms with E-state index in [-0.39, 0.29) is 6.10 Å². The maximum atomic E-state index is 11.9. The van der Waals surface area contributed by atoms with Crippen molar-refractivity contribution in [2.24, 2.45) is 0 Å². The summed E-state index contributed by atoms with van der Waals surface area (Å²) < 4.78 is 5.90. The highest BCUT2D eigenvalue weighted by Crippen LogP contribution is 2.21. The molecule has 2 amide bonds. The fourth-order valence-electron chi connectivity index (χ4n) is 3.56. The number of ether oxygens (including phenoxy) is 1. The standard InChI is InChI=1S/C24H31N3O3/c28-23(24(29)26-15-13-20-9-3-1-4-10-20)25-14-7-8-16-27-17-18-30-22(19-27)21-11-5-2-6-12-21/h1-6,9-12,22H,7-8,13-19H2,(H,25,28)(H,26,29). The van der Waals surface area contributed by atoms with Crippen molar-refractivity contribution >= 4 is 11.8 Å². The predicted octanol–water partition coefficient (Wildman–Crippen LogP) is 2.32. The van der Waals surface area contributed by atoms with Crippen LogP contribution in [0.5, 0.6) is 0 Å². The van der Waals surface area contributed by atoms with Gasteiger partial charge in [0.15, 0.2) is 0 Å². The lowest BCUT2D eigenvalue weighted by molar-refractivity contribution is -0.139. The Balaban J connectivity index is 1.25. The van der Waals surface area contributed by atoms with Crippen LogP contribution in [0.25, 0.3) is 0 Å². The molecular weight excluding hydrogens is 378 g/mol. The van der Waals surface area contributed by atoms with E-state index in [1.54, 1.807) is 0 Å². The van der Waals surface area contributed by atoms with E-state index in [0.717, 1.165) is 44.6 Å². The van der Waals surface area contributed by atoms with Gasteiger partial charge in [-0.3, -0.25) is 14.5 Å². The van der Waals surface area contributed by atoms with Crippen molar-refractivity contribution in [2.45, 2.75) is 25.4 Å². The molecule has 0 aliphatic carbocycles. The summed E-state index contributed by atoms with van der Waals surface area (Å²) in [5.74, 6) is -1.12. The van der Waals surface area contributed by atoms with Crippen LogP contribution in [0.1, 0.15) is 30.1 Å². The molecule has 1 atom stereocenters. The molecule has 0 aromatic heterocycles. The molecule has 1 saturated heterocycles. The lowest BCUT2D eigenvalue weighted by Crippen LogP contribution is -2.41. The van der Waals surface area contributed by atoms with Crippen LogP contribution in [0.15, 0.2) is 60.7 Å². The van der Waals surface area contributed by atoms with E-state index in [1.165, 1.54) is 5.56 Å². The number of morpholine rings is 1. The first-order valence-electron chi connectivity index (χ1n) is 10.7. The highest BCUT2D eigenvalue weighted by molar-refractivity contribution is 6.35. The molecular formula is C24H31N3O3. The van der Waals surface area contributed by atoms with E-state index in [4.69, 9.17) is 4.74 Å². The maximum Gasteiger partial charge on any atom is 0.309 e. The van der Waals surface area contributed by atoms with Crippen LogP contribution in [0.3, 0.4) is 0 Å². The van der Waals surface area contributed by atoms with E-state index in [0.29, 0.717) is 19.5 Å². The van der Waals surface area contributed by atoms with Gasteiger partial charge in [0.25, 0.3) is 0 Å². The van der Waals surface area contributed by atoms with Crippen LogP contribution in [0.2, 0.25) is 0 Å². The number of nitrogens with one attached hydrogen (secondary N) is 2. The molecule has 6 nitrogen and oxygen atoms in total. The van der Waals surface area contributed by atoms with E-state index >= 15 is 0 Å². The second-order valence-electron chi connectivity index (χ2n) is 7.53. The first kappa shape index (κ1) is 22.0. The molecule has 0 bridgehead atoms. The van der Waals surface area contributed by atoms with Gasteiger partial charge in [-0.25, -0.2) is 0 Å². The van der Waals surface area contributed by atoms with E-state index in [1.807, 2.05) is 48.5 Å². The molecule has 0 radical (unpaired) electrons. The van der Waals surface area contributed by atoms with Crippen molar-refractivity contribution in [3.63, 3.8) is 0 Å². The van der Waals surface area contributed by atoms with Crippen molar-refractivity contribution in [3.8, 4) is 0 Å². The third-order valence-corrected chi connectivity index (χ3v) is 5.26. The minimum atomic E-state index is -0.565. The zero-order valence-corrected chi connectivity index (χ0v) is 17.4. The Hall–Kier alpha value is -2.70. The second kappa shape index (κ2) is 12.1. The number of carbonyl (C=O) groups is 2. The number of carbonyl (C=O) groups excluding carboxylic acids is 2. The predicted molar refractivity (Wildman–Crippen MR) is 117 cm³/mol. The highest BCUT2D eigenvalue weighted by atomic mass is 16.5. The van der Waals surface area contributed by atoms with Crippen molar-refractivity contribution in [1.82, 2.24) is 15.5 Å². The molecule has 1 aliphatic rings. The fraction of sp³-hybridized carbons (Fsp3) is 0.417. The Morgan fingerprint density at radius 2 is 1.57 bits per heavy atom. The van der Waals surface area contributed by atoms with Crippen LogP contribution in [0, 0.1) is 0 Å². The van der Waals surface area contributed by atoms with Crippen LogP contribution in [0.4, 0.5) is 0 Å². The number of hydrogen-bond acceptors (Lipinski definition) is 4. The summed E-state index contributed by atoms with van der Waals surface area (Å²) in [5.41, 5.74) is 2.35. The molecule has 160 valence electrons. The van der Waals surface area contributed by atoms with Gasteiger partial charge in [0, 0.05) is 26.2 Å². The number of hydrogen-bond donors (Lipinski definition) is 2. The highest BCUT2D eigenvalue weighted by Gasteiger charge is 2.21. The Bertz CT molecular complexity index is 783. The molecule has 2 aromatic rings. The summed E-state index contributed by atoms with van der Waals surface area (Å²) in [4.78, 5) is 26.2. The van der Waals surface area contributed by atoms with E-state index in [2.05, 4.69) is 27.7 Å². The molecule has 6 heteroatoms. The molecule has 1 aliphatic heterocycles. The molecule has 3 rings (SSSR count). The third kappa shape index (κ3) is 7.28. The molecule has 0 spiro atoms. The van der Waals surface area contributed by atoms with Gasteiger partial charge in [-0.15, -0.1) is 0 Å². The van der Waals surface area contributed by atoms with Gasteiger partial charge in [-0.05, 0) is 36.9 Å². The Morgan fingerprint density at radius 3 is 2.30 bits per heavy atom. The quantitative estimate of drug-likeness (QED) is 0.493. The van der Waals surface area contributed by atoms with Gasteiger partial charge in [0.2, 0.25) is 0 Å². The fourth-order valence-corrected chi connectivity index (χ4v) is 3.56. The molecule has 0 saturated carbocycles. The first-order chi connectivity index (χ1) is 14.7. The zero-order valence-electron chi connectivity index (χ0n) is 17.4. The topological polar surface area (TPSA) is 70.7 Å². The van der Waals surface area contributed by atoms with Crippen LogP contribution in [-0.2, 0) is 20.7 Å². The van der Waals surface area contributed by atoms with Crippen LogP contribution in [-0.4, -0.2) is 56.0 Å². The van der Waals surface area contributed by atoms with Gasteiger partial charge < -0.3 is 15.4 Å². The van der Waals surface area contributed by atoms with Crippen molar-refractivity contribution in [1.29, 1.82) is 0 Å². The van der Waals surface area contributed by atoms with Crippen molar-refractivity contribution in [3.05, 3.63) is 71.8 Å². The minimum Gasteiger partial charge on any atom is -0.371 e. The monoisotopic (exact) mass is 409 g/mol. The average Bonchev–Trinajstić information content (AvgIpc) is 2.80. The van der Waals surface area contributed by atoms with Gasteiger partial charge in [-0.2, -0.15) is 0 Å². The normalized spacial score (nSPS) is 16.7. The lowest BCUT2D eigenvalue weighted by atomic mass is 10.1. The van der Waals surface area contributed by atoms with Gasteiger partial charge in [0.1, 0.15) is 0 Å². The molecule has 2 aromatic carbocycles. The average molecular weight is 410 g/mol. The molecule has 30 heavy (non-hydrogen) atoms. The van der Waals surface area contributed by atoms with E-state index in [9.17, 15) is 9.59 Å². The Morgan fingerprint density at radius 1 is 0.900 bits per heavy atom. The van der Waals surface area contributed by atoms with Gasteiger partial charge in [-0.1, -0.05) is 60.7 Å². The first-order valence-corrected chi connectivity index (χ1v) is 10.7.